The Kier molecular flexibility index (Phi) is 6.59. The second-order valence-corrected chi connectivity index (χ2v) is 14.9. The van der Waals surface area contributed by atoms with Gasteiger partial charge in [-0.1, -0.05) is 129 Å². The lowest BCUT2D eigenvalue weighted by Crippen LogP contribution is -2.33. The summed E-state index contributed by atoms with van der Waals surface area (Å²) >= 11 is 0. The van der Waals surface area contributed by atoms with E-state index >= 15 is 0 Å². The normalized spacial score (nSPS) is 13.8. The number of benzene rings is 7. The van der Waals surface area contributed by atoms with Gasteiger partial charge in [0.1, 0.15) is 0 Å². The molecule has 0 N–H and O–H groups in total. The van der Waals surface area contributed by atoms with Crippen molar-refractivity contribution in [2.75, 3.05) is 4.90 Å². The van der Waals surface area contributed by atoms with Crippen LogP contribution in [-0.2, 0) is 11.8 Å². The van der Waals surface area contributed by atoms with Crippen molar-refractivity contribution < 1.29 is 0 Å². The number of fused-ring (bicyclic) bond motifs is 8. The number of para-hydroxylation sites is 3. The standard InChI is InChI=1S/C49H35N5/c1-49(2)39-21-11-14-24-43(39)54-41-22-12-9-19-34(41)29-38-44-37(30-40(49)45(38)54)36-20-10-13-23-42(36)53(44)35-27-25-33(26-28-35)48-51-46(31-15-5-3-6-16-31)50-47(52-48)32-17-7-4-8-18-32/h3-28,30H,29H2,1-2H3. The minimum atomic E-state index is -0.176. The summed E-state index contributed by atoms with van der Waals surface area (Å²) in [5.74, 6) is 1.96. The molecule has 0 fully saturated rings. The van der Waals surface area contributed by atoms with Crippen molar-refractivity contribution in [1.82, 2.24) is 19.5 Å². The molecule has 0 aliphatic carbocycles. The van der Waals surface area contributed by atoms with E-state index in [0.717, 1.165) is 28.8 Å². The first-order valence-electron chi connectivity index (χ1n) is 18.6. The van der Waals surface area contributed by atoms with Crippen LogP contribution in [0.2, 0.25) is 0 Å². The van der Waals surface area contributed by atoms with E-state index in [-0.39, 0.29) is 5.41 Å². The third kappa shape index (κ3) is 4.48. The van der Waals surface area contributed by atoms with Gasteiger partial charge in [-0.2, -0.15) is 0 Å². The maximum atomic E-state index is 5.00. The lowest BCUT2D eigenvalue weighted by molar-refractivity contribution is 0.630. The number of aromatic nitrogens is 4. The monoisotopic (exact) mass is 693 g/mol. The van der Waals surface area contributed by atoms with E-state index in [9.17, 15) is 0 Å². The summed E-state index contributed by atoms with van der Waals surface area (Å²) in [4.78, 5) is 17.4. The van der Waals surface area contributed by atoms with E-state index in [2.05, 4.69) is 126 Å². The molecule has 0 radical (unpaired) electrons. The molecule has 9 aromatic rings. The van der Waals surface area contributed by atoms with Crippen LogP contribution in [0.1, 0.15) is 36.1 Å². The molecule has 0 saturated carbocycles. The molecule has 0 spiro atoms. The van der Waals surface area contributed by atoms with Gasteiger partial charge in [-0.25, -0.2) is 15.0 Å². The molecule has 0 unspecified atom stereocenters. The predicted octanol–water partition coefficient (Wildman–Crippen LogP) is 12.0. The molecule has 5 nitrogen and oxygen atoms in total. The second kappa shape index (κ2) is 11.6. The van der Waals surface area contributed by atoms with Crippen LogP contribution in [0, 0.1) is 0 Å². The van der Waals surface area contributed by atoms with E-state index in [0.29, 0.717) is 17.5 Å². The van der Waals surface area contributed by atoms with Gasteiger partial charge in [-0.05, 0) is 65.2 Å². The van der Waals surface area contributed by atoms with Crippen LogP contribution in [0.3, 0.4) is 0 Å². The Morgan fingerprint density at radius 1 is 0.500 bits per heavy atom. The highest BCUT2D eigenvalue weighted by atomic mass is 15.2. The molecular formula is C49H35N5. The molecule has 256 valence electrons. The summed E-state index contributed by atoms with van der Waals surface area (Å²) in [5, 5.41) is 2.54. The second-order valence-electron chi connectivity index (χ2n) is 14.9. The molecule has 5 heteroatoms. The third-order valence-electron chi connectivity index (χ3n) is 11.4. The Morgan fingerprint density at radius 2 is 1.06 bits per heavy atom. The van der Waals surface area contributed by atoms with Gasteiger partial charge in [-0.15, -0.1) is 0 Å². The summed E-state index contributed by atoms with van der Waals surface area (Å²) in [6, 6.07) is 58.2. The van der Waals surface area contributed by atoms with Crippen LogP contribution in [0.25, 0.3) is 61.7 Å². The Labute approximate surface area is 313 Å². The Bertz CT molecular complexity index is 2870. The first kappa shape index (κ1) is 30.7. The number of hydrogen-bond acceptors (Lipinski definition) is 4. The van der Waals surface area contributed by atoms with Gasteiger partial charge in [0, 0.05) is 56.2 Å². The van der Waals surface area contributed by atoms with Crippen molar-refractivity contribution in [3.63, 3.8) is 0 Å². The zero-order chi connectivity index (χ0) is 36.0. The zero-order valence-corrected chi connectivity index (χ0v) is 30.0. The van der Waals surface area contributed by atoms with Crippen LogP contribution < -0.4 is 4.90 Å². The van der Waals surface area contributed by atoms with Gasteiger partial charge in [0.2, 0.25) is 0 Å². The van der Waals surface area contributed by atoms with Crippen molar-refractivity contribution in [3.8, 4) is 39.9 Å². The van der Waals surface area contributed by atoms with Gasteiger partial charge < -0.3 is 9.47 Å². The molecule has 0 atom stereocenters. The molecule has 11 rings (SSSR count). The fourth-order valence-corrected chi connectivity index (χ4v) is 8.84. The third-order valence-corrected chi connectivity index (χ3v) is 11.4. The van der Waals surface area contributed by atoms with Gasteiger partial charge in [-0.3, -0.25) is 0 Å². The van der Waals surface area contributed by atoms with Crippen LogP contribution in [0.15, 0.2) is 164 Å². The molecule has 0 amide bonds. The van der Waals surface area contributed by atoms with Crippen molar-refractivity contribution in [2.24, 2.45) is 0 Å². The van der Waals surface area contributed by atoms with E-state index in [1.165, 1.54) is 61.1 Å². The van der Waals surface area contributed by atoms with E-state index in [4.69, 9.17) is 15.0 Å². The van der Waals surface area contributed by atoms with Crippen molar-refractivity contribution in [3.05, 3.63) is 186 Å². The quantitative estimate of drug-likeness (QED) is 0.184. The first-order valence-corrected chi connectivity index (χ1v) is 18.6. The number of hydrogen-bond donors (Lipinski definition) is 0. The fourth-order valence-electron chi connectivity index (χ4n) is 8.84. The molecule has 2 aliphatic heterocycles. The summed E-state index contributed by atoms with van der Waals surface area (Å²) in [7, 11) is 0. The smallest absolute Gasteiger partial charge is 0.164 e. The summed E-state index contributed by atoms with van der Waals surface area (Å²) in [6.45, 7) is 4.77. The Morgan fingerprint density at radius 3 is 1.74 bits per heavy atom. The predicted molar refractivity (Wildman–Crippen MR) is 220 cm³/mol. The molecule has 2 aliphatic rings. The Hall–Kier alpha value is -6.85. The molecule has 0 bridgehead atoms. The summed E-state index contributed by atoms with van der Waals surface area (Å²) < 4.78 is 2.47. The zero-order valence-electron chi connectivity index (χ0n) is 30.0. The van der Waals surface area contributed by atoms with Crippen molar-refractivity contribution >= 4 is 38.9 Å². The topological polar surface area (TPSA) is 46.8 Å². The largest absolute Gasteiger partial charge is 0.309 e. The maximum Gasteiger partial charge on any atom is 0.164 e. The SMILES string of the molecule is CC1(C)c2ccccc2N2c3ccccc3Cc3c2c1cc1c2ccccc2n(-c2ccc(-c4nc(-c5ccccc5)nc(-c5ccccc5)n4)cc2)c31. The van der Waals surface area contributed by atoms with Crippen LogP contribution in [0.4, 0.5) is 17.1 Å². The first-order chi connectivity index (χ1) is 26.5. The Balaban J connectivity index is 1.13. The average molecular weight is 694 g/mol. The molecule has 2 aromatic heterocycles. The molecule has 4 heterocycles. The van der Waals surface area contributed by atoms with Crippen molar-refractivity contribution in [1.29, 1.82) is 0 Å². The number of anilines is 3. The van der Waals surface area contributed by atoms with Crippen LogP contribution in [-0.4, -0.2) is 19.5 Å². The molecule has 7 aromatic carbocycles. The van der Waals surface area contributed by atoms with E-state index in [1.54, 1.807) is 0 Å². The highest BCUT2D eigenvalue weighted by Gasteiger charge is 2.42. The summed E-state index contributed by atoms with van der Waals surface area (Å²) in [5.41, 5.74) is 15.5. The summed E-state index contributed by atoms with van der Waals surface area (Å²) in [6.07, 6.45) is 0.856. The van der Waals surface area contributed by atoms with Gasteiger partial charge in [0.25, 0.3) is 0 Å². The van der Waals surface area contributed by atoms with Crippen molar-refractivity contribution in [2.45, 2.75) is 25.7 Å². The number of rotatable bonds is 4. The van der Waals surface area contributed by atoms with E-state index < -0.39 is 0 Å². The molecule has 54 heavy (non-hydrogen) atoms. The minimum absolute atomic E-state index is 0.176. The van der Waals surface area contributed by atoms with Crippen LogP contribution >= 0.6 is 0 Å². The van der Waals surface area contributed by atoms with Gasteiger partial charge >= 0.3 is 0 Å². The molecule has 0 saturated heterocycles. The highest BCUT2D eigenvalue weighted by Crippen LogP contribution is 2.58. The van der Waals surface area contributed by atoms with Crippen LogP contribution in [0.5, 0.6) is 0 Å². The van der Waals surface area contributed by atoms with E-state index in [1.807, 2.05) is 60.7 Å². The minimum Gasteiger partial charge on any atom is -0.309 e. The lowest BCUT2D eigenvalue weighted by Gasteiger charge is -2.45. The lowest BCUT2D eigenvalue weighted by atomic mass is 9.71. The highest BCUT2D eigenvalue weighted by molar-refractivity contribution is 6.14. The van der Waals surface area contributed by atoms with Gasteiger partial charge in [0.05, 0.1) is 22.4 Å². The molecular weight excluding hydrogens is 659 g/mol. The average Bonchev–Trinajstić information content (AvgIpc) is 3.57. The van der Waals surface area contributed by atoms with Gasteiger partial charge in [0.15, 0.2) is 17.5 Å². The maximum absolute atomic E-state index is 5.00. The number of nitrogens with zero attached hydrogens (tertiary/aromatic N) is 5. The fraction of sp³-hybridized carbons (Fsp3) is 0.0816.